The molecule has 1 nitrogen and oxygen atoms in total. The average molecular weight is 241 g/mol. The maximum Gasteiger partial charge on any atom is 0.134 e. The summed E-state index contributed by atoms with van der Waals surface area (Å²) in [6.45, 7) is 0. The summed E-state index contributed by atoms with van der Waals surface area (Å²) >= 11 is 5.46. The molecule has 1 aromatic carbocycles. The Balaban J connectivity index is 0.000000640. The second-order valence-corrected chi connectivity index (χ2v) is 1.86. The molecule has 0 atom stereocenters. The molecule has 0 bridgehead atoms. The van der Waals surface area contributed by atoms with Gasteiger partial charge in [0, 0.05) is 27.3 Å². The third-order valence-corrected chi connectivity index (χ3v) is 1.17. The average Bonchev–Trinajstić information content (AvgIpc) is 1.77. The van der Waals surface area contributed by atoms with E-state index in [0.29, 0.717) is 5.02 Å². The molecule has 0 fully saturated rings. The van der Waals surface area contributed by atoms with Crippen LogP contribution in [-0.4, -0.2) is 5.11 Å². The molecule has 0 aliphatic rings. The molecular formula is C6H5CdClO. The summed E-state index contributed by atoms with van der Waals surface area (Å²) in [5.74, 6) is 0.133. The second-order valence-electron chi connectivity index (χ2n) is 1.45. The van der Waals surface area contributed by atoms with Crippen LogP contribution in [0, 0.1) is 0 Å². The van der Waals surface area contributed by atoms with Gasteiger partial charge in [-0.3, -0.25) is 0 Å². The Morgan fingerprint density at radius 2 is 1.78 bits per heavy atom. The summed E-state index contributed by atoms with van der Waals surface area (Å²) in [4.78, 5) is 0. The van der Waals surface area contributed by atoms with Gasteiger partial charge in [-0.25, -0.2) is 0 Å². The minimum atomic E-state index is 0. The van der Waals surface area contributed by atoms with Gasteiger partial charge in [-0.2, -0.15) is 0 Å². The van der Waals surface area contributed by atoms with Crippen LogP contribution in [0.5, 0.6) is 5.75 Å². The van der Waals surface area contributed by atoms with Gasteiger partial charge in [-0.05, 0) is 12.1 Å². The molecule has 0 aliphatic carbocycles. The van der Waals surface area contributed by atoms with Gasteiger partial charge in [-0.15, -0.1) is 0 Å². The molecule has 1 rings (SSSR count). The predicted octanol–water partition coefficient (Wildman–Crippen LogP) is 2.04. The molecule has 0 radical (unpaired) electrons. The van der Waals surface area contributed by atoms with Crippen LogP contribution in [0.3, 0.4) is 0 Å². The van der Waals surface area contributed by atoms with E-state index in [1.54, 1.807) is 24.3 Å². The van der Waals surface area contributed by atoms with Gasteiger partial charge in [0.1, 0.15) is 5.75 Å². The Hall–Kier alpha value is 0.232. The molecule has 0 heterocycles. The zero-order valence-corrected chi connectivity index (χ0v) is 9.63. The van der Waals surface area contributed by atoms with Crippen molar-refractivity contribution in [2.75, 3.05) is 0 Å². The van der Waals surface area contributed by atoms with Gasteiger partial charge < -0.3 is 5.11 Å². The van der Waals surface area contributed by atoms with Gasteiger partial charge in [0.15, 0.2) is 0 Å². The number of rotatable bonds is 0. The molecule has 0 spiro atoms. The third kappa shape index (κ3) is 2.53. The van der Waals surface area contributed by atoms with E-state index in [-0.39, 0.29) is 33.0 Å². The van der Waals surface area contributed by atoms with E-state index in [1.165, 1.54) is 0 Å². The first-order valence-electron chi connectivity index (χ1n) is 2.24. The maximum atomic E-state index is 8.79. The molecule has 0 aliphatic heterocycles. The summed E-state index contributed by atoms with van der Waals surface area (Å²) < 4.78 is 0. The monoisotopic (exact) mass is 242 g/mol. The van der Waals surface area contributed by atoms with Crippen LogP contribution in [0.15, 0.2) is 24.3 Å². The van der Waals surface area contributed by atoms with Crippen molar-refractivity contribution in [1.29, 1.82) is 0 Å². The molecular weight excluding hydrogens is 236 g/mol. The first-order chi connectivity index (χ1) is 3.80. The van der Waals surface area contributed by atoms with Gasteiger partial charge in [-0.1, -0.05) is 23.7 Å². The molecule has 1 aromatic rings. The molecule has 0 saturated carbocycles. The number of phenols is 1. The van der Waals surface area contributed by atoms with Crippen molar-refractivity contribution in [3.8, 4) is 5.75 Å². The van der Waals surface area contributed by atoms with Crippen LogP contribution in [0.25, 0.3) is 0 Å². The minimum absolute atomic E-state index is 0. The van der Waals surface area contributed by atoms with Crippen molar-refractivity contribution < 1.29 is 32.4 Å². The van der Waals surface area contributed by atoms with E-state index in [2.05, 4.69) is 0 Å². The van der Waals surface area contributed by atoms with E-state index < -0.39 is 0 Å². The number of phenolic OH excluding ortho intramolecular Hbond substituents is 1. The van der Waals surface area contributed by atoms with Crippen LogP contribution >= 0.6 is 11.6 Å². The van der Waals surface area contributed by atoms with E-state index in [1.807, 2.05) is 0 Å². The van der Waals surface area contributed by atoms with Crippen molar-refractivity contribution in [3.63, 3.8) is 0 Å². The van der Waals surface area contributed by atoms with E-state index in [4.69, 9.17) is 16.7 Å². The Morgan fingerprint density at radius 1 is 1.22 bits per heavy atom. The van der Waals surface area contributed by atoms with Crippen molar-refractivity contribution in [2.24, 2.45) is 0 Å². The zero-order valence-electron chi connectivity index (χ0n) is 4.84. The molecule has 0 unspecified atom stereocenters. The van der Waals surface area contributed by atoms with Crippen molar-refractivity contribution >= 4 is 11.6 Å². The fourth-order valence-corrected chi connectivity index (χ4v) is 0.587. The fraction of sp³-hybridized carbons (Fsp3) is 0. The molecule has 9 heavy (non-hydrogen) atoms. The van der Waals surface area contributed by atoms with Crippen LogP contribution in [0.2, 0.25) is 5.02 Å². The smallest absolute Gasteiger partial charge is 0.134 e. The Kier molecular flexibility index (Phi) is 4.22. The Labute approximate surface area is 78.8 Å². The standard InChI is InChI=1S/C6H5ClO.Cd/c7-5-3-1-2-4-6(5)8;/h1-4,8H;. The van der Waals surface area contributed by atoms with Gasteiger partial charge in [0.05, 0.1) is 5.02 Å². The van der Waals surface area contributed by atoms with E-state index in [0.717, 1.165) is 0 Å². The first kappa shape index (κ1) is 9.23. The summed E-state index contributed by atoms with van der Waals surface area (Å²) in [5, 5.41) is 9.18. The summed E-state index contributed by atoms with van der Waals surface area (Å²) in [6, 6.07) is 6.67. The van der Waals surface area contributed by atoms with Gasteiger partial charge >= 0.3 is 0 Å². The molecule has 0 saturated heterocycles. The Morgan fingerprint density at radius 3 is 2.11 bits per heavy atom. The van der Waals surface area contributed by atoms with Crippen LogP contribution in [0.4, 0.5) is 0 Å². The van der Waals surface area contributed by atoms with E-state index >= 15 is 0 Å². The largest absolute Gasteiger partial charge is 0.506 e. The number of hydrogen-bond acceptors (Lipinski definition) is 1. The number of halogens is 1. The van der Waals surface area contributed by atoms with Crippen molar-refractivity contribution in [3.05, 3.63) is 29.3 Å². The second kappa shape index (κ2) is 4.11. The summed E-state index contributed by atoms with van der Waals surface area (Å²) in [7, 11) is 0. The number of aromatic hydroxyl groups is 1. The van der Waals surface area contributed by atoms with Crippen LogP contribution in [-0.2, 0) is 27.3 Å². The topological polar surface area (TPSA) is 20.2 Å². The SMILES string of the molecule is Oc1ccccc1Cl.[Cd]. The van der Waals surface area contributed by atoms with Crippen molar-refractivity contribution in [2.45, 2.75) is 0 Å². The predicted molar refractivity (Wildman–Crippen MR) is 33.1 cm³/mol. The number of hydrogen-bond donors (Lipinski definition) is 1. The fourth-order valence-electron chi connectivity index (χ4n) is 0.452. The molecule has 3 heteroatoms. The summed E-state index contributed by atoms with van der Waals surface area (Å²) in [6.07, 6.45) is 0. The number of para-hydroxylation sites is 1. The van der Waals surface area contributed by atoms with Gasteiger partial charge in [0.2, 0.25) is 0 Å². The minimum Gasteiger partial charge on any atom is -0.506 e. The molecule has 0 amide bonds. The molecule has 44 valence electrons. The van der Waals surface area contributed by atoms with Gasteiger partial charge in [0.25, 0.3) is 0 Å². The Bertz CT molecular complexity index is 169. The normalized spacial score (nSPS) is 8.11. The molecule has 1 N–H and O–H groups in total. The number of benzene rings is 1. The third-order valence-electron chi connectivity index (χ3n) is 0.852. The summed E-state index contributed by atoms with van der Waals surface area (Å²) in [5.41, 5.74) is 0. The maximum absolute atomic E-state index is 8.79. The van der Waals surface area contributed by atoms with E-state index in [9.17, 15) is 0 Å². The molecule has 0 aromatic heterocycles. The first-order valence-corrected chi connectivity index (χ1v) is 2.62. The van der Waals surface area contributed by atoms with Crippen LogP contribution < -0.4 is 0 Å². The van der Waals surface area contributed by atoms with Crippen LogP contribution in [0.1, 0.15) is 0 Å². The van der Waals surface area contributed by atoms with Crippen molar-refractivity contribution in [1.82, 2.24) is 0 Å². The zero-order chi connectivity index (χ0) is 5.98. The quantitative estimate of drug-likeness (QED) is 0.689.